The molecule has 1 aliphatic heterocycles. The lowest BCUT2D eigenvalue weighted by atomic mass is 10.2. The third kappa shape index (κ3) is 1.43. The highest BCUT2D eigenvalue weighted by atomic mass is 16.5. The molecule has 0 spiro atoms. The summed E-state index contributed by atoms with van der Waals surface area (Å²) in [5, 5.41) is 3.32. The van der Waals surface area contributed by atoms with Crippen LogP contribution >= 0.6 is 0 Å². The zero-order valence-electron chi connectivity index (χ0n) is 6.56. The molecule has 0 radical (unpaired) electrons. The maximum atomic E-state index is 5.55. The van der Waals surface area contributed by atoms with Crippen LogP contribution in [0, 0.1) is 0 Å². The van der Waals surface area contributed by atoms with E-state index in [2.05, 4.69) is 19.2 Å². The average molecular weight is 129 g/mol. The maximum absolute atomic E-state index is 5.55. The quantitative estimate of drug-likeness (QED) is 0.529. The molecule has 1 rings (SSSR count). The van der Waals surface area contributed by atoms with Gasteiger partial charge in [-0.25, -0.2) is 0 Å². The van der Waals surface area contributed by atoms with Gasteiger partial charge in [0.2, 0.25) is 0 Å². The van der Waals surface area contributed by atoms with Gasteiger partial charge in [0.25, 0.3) is 0 Å². The van der Waals surface area contributed by atoms with Crippen LogP contribution in [-0.4, -0.2) is 17.9 Å². The standard InChI is InChI=1S/C7H15NO/c1-5-6(2)9-7(3,4)8-5/h5-6,8H,1-4H3. The Kier molecular flexibility index (Phi) is 1.53. The van der Waals surface area contributed by atoms with E-state index in [0.29, 0.717) is 12.1 Å². The zero-order chi connectivity index (χ0) is 7.07. The van der Waals surface area contributed by atoms with Crippen molar-refractivity contribution >= 4 is 0 Å². The smallest absolute Gasteiger partial charge is 0.114 e. The van der Waals surface area contributed by atoms with E-state index in [9.17, 15) is 0 Å². The summed E-state index contributed by atoms with van der Waals surface area (Å²) in [6, 6.07) is 0.486. The molecule has 0 aromatic carbocycles. The Morgan fingerprint density at radius 2 is 1.89 bits per heavy atom. The molecule has 0 aliphatic carbocycles. The molecule has 1 aliphatic rings. The Morgan fingerprint density at radius 3 is 2.00 bits per heavy atom. The van der Waals surface area contributed by atoms with Gasteiger partial charge in [-0.1, -0.05) is 0 Å². The summed E-state index contributed by atoms with van der Waals surface area (Å²) in [6.45, 7) is 8.33. The molecule has 1 saturated heterocycles. The van der Waals surface area contributed by atoms with E-state index < -0.39 is 0 Å². The van der Waals surface area contributed by atoms with Gasteiger partial charge >= 0.3 is 0 Å². The fraction of sp³-hybridized carbons (Fsp3) is 1.00. The Balaban J connectivity index is 2.54. The summed E-state index contributed by atoms with van der Waals surface area (Å²) in [7, 11) is 0. The Labute approximate surface area is 56.6 Å². The van der Waals surface area contributed by atoms with E-state index in [0.717, 1.165) is 0 Å². The van der Waals surface area contributed by atoms with E-state index in [1.807, 2.05) is 13.8 Å². The Bertz CT molecular complexity index is 99.5. The van der Waals surface area contributed by atoms with Crippen LogP contribution in [0.1, 0.15) is 27.7 Å². The van der Waals surface area contributed by atoms with E-state index in [4.69, 9.17) is 4.74 Å². The van der Waals surface area contributed by atoms with Crippen LogP contribution in [-0.2, 0) is 4.74 Å². The van der Waals surface area contributed by atoms with E-state index >= 15 is 0 Å². The highest BCUT2D eigenvalue weighted by Crippen LogP contribution is 2.19. The molecule has 2 nitrogen and oxygen atoms in total. The molecular formula is C7H15NO. The minimum absolute atomic E-state index is 0.112. The molecule has 0 bridgehead atoms. The highest BCUT2D eigenvalue weighted by molar-refractivity contribution is 4.84. The lowest BCUT2D eigenvalue weighted by Crippen LogP contribution is -2.37. The molecule has 0 amide bonds. The van der Waals surface area contributed by atoms with Crippen LogP contribution in [0.3, 0.4) is 0 Å². The summed E-state index contributed by atoms with van der Waals surface area (Å²) in [5.41, 5.74) is -0.112. The SMILES string of the molecule is CC1NC(C)(C)OC1C. The van der Waals surface area contributed by atoms with Crippen molar-refractivity contribution in [3.8, 4) is 0 Å². The van der Waals surface area contributed by atoms with Crippen molar-refractivity contribution in [2.75, 3.05) is 0 Å². The minimum Gasteiger partial charge on any atom is -0.357 e. The van der Waals surface area contributed by atoms with Crippen molar-refractivity contribution in [3.05, 3.63) is 0 Å². The van der Waals surface area contributed by atoms with Crippen LogP contribution in [0.25, 0.3) is 0 Å². The lowest BCUT2D eigenvalue weighted by Gasteiger charge is -2.17. The molecule has 2 atom stereocenters. The van der Waals surface area contributed by atoms with Crippen molar-refractivity contribution in [1.29, 1.82) is 0 Å². The lowest BCUT2D eigenvalue weighted by molar-refractivity contribution is -0.0168. The van der Waals surface area contributed by atoms with Crippen molar-refractivity contribution < 1.29 is 4.74 Å². The first kappa shape index (κ1) is 7.03. The van der Waals surface area contributed by atoms with Gasteiger partial charge < -0.3 is 4.74 Å². The molecule has 1 N–H and O–H groups in total. The van der Waals surface area contributed by atoms with Gasteiger partial charge in [-0.05, 0) is 27.7 Å². The van der Waals surface area contributed by atoms with Crippen LogP contribution in [0.15, 0.2) is 0 Å². The van der Waals surface area contributed by atoms with Gasteiger partial charge in [-0.3, -0.25) is 5.32 Å². The minimum atomic E-state index is -0.112. The van der Waals surface area contributed by atoms with Crippen LogP contribution in [0.5, 0.6) is 0 Å². The van der Waals surface area contributed by atoms with Crippen molar-refractivity contribution in [2.24, 2.45) is 0 Å². The van der Waals surface area contributed by atoms with Gasteiger partial charge in [0.15, 0.2) is 0 Å². The fourth-order valence-corrected chi connectivity index (χ4v) is 1.27. The second-order valence-electron chi connectivity index (χ2n) is 3.27. The summed E-state index contributed by atoms with van der Waals surface area (Å²) in [5.74, 6) is 0. The maximum Gasteiger partial charge on any atom is 0.114 e. The fourth-order valence-electron chi connectivity index (χ4n) is 1.27. The first-order chi connectivity index (χ1) is 4.01. The predicted octanol–water partition coefficient (Wildman–Crippen LogP) is 1.12. The van der Waals surface area contributed by atoms with Crippen LogP contribution in [0.4, 0.5) is 0 Å². The van der Waals surface area contributed by atoms with Gasteiger partial charge in [-0.15, -0.1) is 0 Å². The number of nitrogens with one attached hydrogen (secondary N) is 1. The molecule has 54 valence electrons. The monoisotopic (exact) mass is 129 g/mol. The summed E-state index contributed by atoms with van der Waals surface area (Å²) in [4.78, 5) is 0. The van der Waals surface area contributed by atoms with Crippen molar-refractivity contribution in [2.45, 2.75) is 45.6 Å². The number of hydrogen-bond donors (Lipinski definition) is 1. The third-order valence-corrected chi connectivity index (χ3v) is 1.76. The van der Waals surface area contributed by atoms with E-state index in [1.54, 1.807) is 0 Å². The average Bonchev–Trinajstić information content (AvgIpc) is 1.79. The Hall–Kier alpha value is -0.0800. The first-order valence-electron chi connectivity index (χ1n) is 3.47. The van der Waals surface area contributed by atoms with Gasteiger partial charge in [0.05, 0.1) is 6.10 Å². The van der Waals surface area contributed by atoms with Crippen LogP contribution < -0.4 is 5.32 Å². The predicted molar refractivity (Wildman–Crippen MR) is 37.2 cm³/mol. The number of rotatable bonds is 0. The van der Waals surface area contributed by atoms with Crippen LogP contribution in [0.2, 0.25) is 0 Å². The number of hydrogen-bond acceptors (Lipinski definition) is 2. The highest BCUT2D eigenvalue weighted by Gasteiger charge is 2.33. The zero-order valence-corrected chi connectivity index (χ0v) is 6.56. The van der Waals surface area contributed by atoms with E-state index in [1.165, 1.54) is 0 Å². The van der Waals surface area contributed by atoms with Gasteiger partial charge in [0, 0.05) is 6.04 Å². The summed E-state index contributed by atoms with van der Waals surface area (Å²) < 4.78 is 5.55. The Morgan fingerprint density at radius 1 is 1.33 bits per heavy atom. The third-order valence-electron chi connectivity index (χ3n) is 1.76. The second-order valence-corrected chi connectivity index (χ2v) is 3.27. The van der Waals surface area contributed by atoms with Crippen molar-refractivity contribution in [3.63, 3.8) is 0 Å². The molecule has 0 aromatic rings. The largest absolute Gasteiger partial charge is 0.357 e. The normalized spacial score (nSPS) is 41.3. The number of ether oxygens (including phenoxy) is 1. The second kappa shape index (κ2) is 1.96. The first-order valence-corrected chi connectivity index (χ1v) is 3.47. The molecule has 9 heavy (non-hydrogen) atoms. The summed E-state index contributed by atoms with van der Waals surface area (Å²) >= 11 is 0. The van der Waals surface area contributed by atoms with Gasteiger partial charge in [0.1, 0.15) is 5.72 Å². The van der Waals surface area contributed by atoms with Crippen molar-refractivity contribution in [1.82, 2.24) is 5.32 Å². The molecule has 1 heterocycles. The molecular weight excluding hydrogens is 114 g/mol. The topological polar surface area (TPSA) is 21.3 Å². The molecule has 2 unspecified atom stereocenters. The van der Waals surface area contributed by atoms with E-state index in [-0.39, 0.29) is 5.72 Å². The molecule has 0 saturated carbocycles. The molecule has 1 fully saturated rings. The summed E-state index contributed by atoms with van der Waals surface area (Å²) in [6.07, 6.45) is 0.347. The van der Waals surface area contributed by atoms with Gasteiger partial charge in [-0.2, -0.15) is 0 Å². The molecule has 2 heteroatoms. The molecule has 0 aromatic heterocycles.